The minimum atomic E-state index is 0.627. The highest BCUT2D eigenvalue weighted by Gasteiger charge is 2.08. The minimum Gasteiger partial charge on any atom is -0.311 e. The Bertz CT molecular complexity index is 546. The summed E-state index contributed by atoms with van der Waals surface area (Å²) in [5, 5.41) is 8.87. The maximum Gasteiger partial charge on any atom is 0.153 e. The zero-order chi connectivity index (χ0) is 13.8. The molecule has 0 aliphatic rings. The van der Waals surface area contributed by atoms with Crippen LogP contribution in [0.4, 0.5) is 0 Å². The fraction of sp³-hybridized carbons (Fsp3) is 0.385. The lowest BCUT2D eigenvalue weighted by molar-refractivity contribution is 0.661. The van der Waals surface area contributed by atoms with Crippen molar-refractivity contribution >= 4 is 23.2 Å². The Labute approximate surface area is 122 Å². The van der Waals surface area contributed by atoms with Crippen LogP contribution in [0.15, 0.2) is 18.3 Å². The molecule has 0 fully saturated rings. The van der Waals surface area contributed by atoms with Crippen LogP contribution in [0, 0.1) is 6.92 Å². The van der Waals surface area contributed by atoms with E-state index in [-0.39, 0.29) is 0 Å². The Balaban J connectivity index is 2.24. The Kier molecular flexibility index (Phi) is 4.80. The Morgan fingerprint density at radius 2 is 2.05 bits per heavy atom. The lowest BCUT2D eigenvalue weighted by Gasteiger charge is -2.07. The molecular weight excluding hydrogens is 283 g/mol. The smallest absolute Gasteiger partial charge is 0.153 e. The molecule has 2 heterocycles. The van der Waals surface area contributed by atoms with Crippen LogP contribution in [0.2, 0.25) is 10.0 Å². The number of nitrogens with zero attached hydrogens (tertiary/aromatic N) is 3. The molecule has 2 rings (SSSR count). The third-order valence-corrected chi connectivity index (χ3v) is 3.41. The van der Waals surface area contributed by atoms with E-state index >= 15 is 0 Å². The van der Waals surface area contributed by atoms with E-state index in [1.54, 1.807) is 10.9 Å². The molecule has 1 N–H and O–H groups in total. The molecule has 0 radical (unpaired) electrons. The predicted octanol–water partition coefficient (Wildman–Crippen LogP) is 3.38. The van der Waals surface area contributed by atoms with Crippen molar-refractivity contribution in [1.82, 2.24) is 20.1 Å². The molecule has 0 unspecified atom stereocenters. The molecule has 0 saturated heterocycles. The van der Waals surface area contributed by atoms with E-state index in [1.807, 2.05) is 19.1 Å². The highest BCUT2D eigenvalue weighted by Crippen LogP contribution is 2.19. The van der Waals surface area contributed by atoms with Gasteiger partial charge >= 0.3 is 0 Å². The van der Waals surface area contributed by atoms with E-state index in [0.29, 0.717) is 22.4 Å². The normalized spacial score (nSPS) is 10.9. The average molecular weight is 299 g/mol. The summed E-state index contributed by atoms with van der Waals surface area (Å²) in [6.45, 7) is 5.56. The molecule has 6 heteroatoms. The number of hydrogen-bond donors (Lipinski definition) is 1. The van der Waals surface area contributed by atoms with Gasteiger partial charge in [-0.3, -0.25) is 0 Å². The SMILES string of the molecule is CCCNCc1nc(-n2cc(Cl)c(C)n2)ccc1Cl. The molecule has 102 valence electrons. The average Bonchev–Trinajstić information content (AvgIpc) is 2.72. The first-order valence-electron chi connectivity index (χ1n) is 6.20. The van der Waals surface area contributed by atoms with Crippen molar-refractivity contribution in [2.24, 2.45) is 0 Å². The van der Waals surface area contributed by atoms with Crippen molar-refractivity contribution in [2.45, 2.75) is 26.8 Å². The molecule has 0 amide bonds. The second-order valence-electron chi connectivity index (χ2n) is 4.28. The summed E-state index contributed by atoms with van der Waals surface area (Å²) in [6.07, 6.45) is 2.82. The van der Waals surface area contributed by atoms with Crippen molar-refractivity contribution in [3.8, 4) is 5.82 Å². The summed E-state index contributed by atoms with van der Waals surface area (Å²) in [7, 11) is 0. The minimum absolute atomic E-state index is 0.627. The fourth-order valence-corrected chi connectivity index (χ4v) is 1.97. The maximum absolute atomic E-state index is 6.14. The third kappa shape index (κ3) is 3.47. The van der Waals surface area contributed by atoms with Crippen molar-refractivity contribution in [3.05, 3.63) is 39.8 Å². The molecule has 0 aliphatic carbocycles. The summed E-state index contributed by atoms with van der Waals surface area (Å²) in [5.41, 5.74) is 1.60. The number of nitrogens with one attached hydrogen (secondary N) is 1. The number of aryl methyl sites for hydroxylation is 1. The van der Waals surface area contributed by atoms with Gasteiger partial charge in [-0.25, -0.2) is 9.67 Å². The van der Waals surface area contributed by atoms with Crippen LogP contribution in [0.3, 0.4) is 0 Å². The van der Waals surface area contributed by atoms with Gasteiger partial charge in [0.25, 0.3) is 0 Å². The lowest BCUT2D eigenvalue weighted by atomic mass is 10.3. The van der Waals surface area contributed by atoms with Crippen molar-refractivity contribution < 1.29 is 0 Å². The quantitative estimate of drug-likeness (QED) is 0.861. The second-order valence-corrected chi connectivity index (χ2v) is 5.10. The summed E-state index contributed by atoms with van der Waals surface area (Å²) in [6, 6.07) is 3.66. The molecule has 2 aromatic rings. The van der Waals surface area contributed by atoms with E-state index in [0.717, 1.165) is 24.4 Å². The summed E-state index contributed by atoms with van der Waals surface area (Å²) in [4.78, 5) is 4.52. The van der Waals surface area contributed by atoms with Crippen LogP contribution in [-0.2, 0) is 6.54 Å². The molecule has 19 heavy (non-hydrogen) atoms. The van der Waals surface area contributed by atoms with Gasteiger partial charge in [-0.2, -0.15) is 5.10 Å². The van der Waals surface area contributed by atoms with Crippen LogP contribution in [-0.4, -0.2) is 21.3 Å². The van der Waals surface area contributed by atoms with Gasteiger partial charge in [0.15, 0.2) is 5.82 Å². The number of pyridine rings is 1. The molecule has 0 bridgehead atoms. The van der Waals surface area contributed by atoms with E-state index in [9.17, 15) is 0 Å². The van der Waals surface area contributed by atoms with Crippen molar-refractivity contribution in [2.75, 3.05) is 6.54 Å². The van der Waals surface area contributed by atoms with Crippen LogP contribution in [0.25, 0.3) is 5.82 Å². The van der Waals surface area contributed by atoms with Gasteiger partial charge in [-0.15, -0.1) is 0 Å². The number of hydrogen-bond acceptors (Lipinski definition) is 3. The summed E-state index contributed by atoms with van der Waals surface area (Å²) in [5.74, 6) is 0.715. The largest absolute Gasteiger partial charge is 0.311 e. The van der Waals surface area contributed by atoms with E-state index in [1.165, 1.54) is 0 Å². The first-order valence-corrected chi connectivity index (χ1v) is 6.95. The molecule has 0 saturated carbocycles. The molecule has 0 aromatic carbocycles. The standard InChI is InChI=1S/C13H16Cl2N4/c1-3-6-16-7-12-10(14)4-5-13(17-12)19-8-11(15)9(2)18-19/h4-5,8,16H,3,6-7H2,1-2H3. The first-order chi connectivity index (χ1) is 9.11. The maximum atomic E-state index is 6.14. The molecule has 2 aromatic heterocycles. The van der Waals surface area contributed by atoms with E-state index in [4.69, 9.17) is 23.2 Å². The van der Waals surface area contributed by atoms with Gasteiger partial charge in [0.1, 0.15) is 0 Å². The fourth-order valence-electron chi connectivity index (χ4n) is 1.66. The van der Waals surface area contributed by atoms with Crippen LogP contribution < -0.4 is 5.32 Å². The van der Waals surface area contributed by atoms with E-state index in [2.05, 4.69) is 22.3 Å². The highest BCUT2D eigenvalue weighted by atomic mass is 35.5. The van der Waals surface area contributed by atoms with E-state index < -0.39 is 0 Å². The second kappa shape index (κ2) is 6.37. The predicted molar refractivity (Wildman–Crippen MR) is 78.1 cm³/mol. The third-order valence-electron chi connectivity index (χ3n) is 2.70. The van der Waals surface area contributed by atoms with Crippen LogP contribution in [0.5, 0.6) is 0 Å². The topological polar surface area (TPSA) is 42.7 Å². The number of aromatic nitrogens is 3. The van der Waals surface area contributed by atoms with Gasteiger partial charge < -0.3 is 5.32 Å². The van der Waals surface area contributed by atoms with Gasteiger partial charge in [-0.1, -0.05) is 30.1 Å². The van der Waals surface area contributed by atoms with Gasteiger partial charge in [0.05, 0.1) is 27.6 Å². The Morgan fingerprint density at radius 1 is 1.26 bits per heavy atom. The van der Waals surface area contributed by atoms with Gasteiger partial charge in [0.2, 0.25) is 0 Å². The molecule has 4 nitrogen and oxygen atoms in total. The Morgan fingerprint density at radius 3 is 2.68 bits per heavy atom. The highest BCUT2D eigenvalue weighted by molar-refractivity contribution is 6.31. The van der Waals surface area contributed by atoms with Crippen molar-refractivity contribution in [3.63, 3.8) is 0 Å². The van der Waals surface area contributed by atoms with Crippen LogP contribution in [0.1, 0.15) is 24.7 Å². The zero-order valence-corrected chi connectivity index (χ0v) is 12.5. The Hall–Kier alpha value is -1.10. The van der Waals surface area contributed by atoms with Gasteiger partial charge in [-0.05, 0) is 32.0 Å². The summed E-state index contributed by atoms with van der Waals surface area (Å²) < 4.78 is 1.66. The molecule has 0 spiro atoms. The van der Waals surface area contributed by atoms with Gasteiger partial charge in [0, 0.05) is 6.54 Å². The van der Waals surface area contributed by atoms with Crippen LogP contribution >= 0.6 is 23.2 Å². The molecule has 0 aliphatic heterocycles. The lowest BCUT2D eigenvalue weighted by Crippen LogP contribution is -2.16. The first kappa shape index (κ1) is 14.3. The number of halogens is 2. The molecular formula is C13H16Cl2N4. The molecule has 0 atom stereocenters. The zero-order valence-electron chi connectivity index (χ0n) is 11.0. The number of rotatable bonds is 5. The summed E-state index contributed by atoms with van der Waals surface area (Å²) >= 11 is 12.1. The monoisotopic (exact) mass is 298 g/mol. The van der Waals surface area contributed by atoms with Crippen molar-refractivity contribution in [1.29, 1.82) is 0 Å².